The highest BCUT2D eigenvalue weighted by Crippen LogP contribution is 2.31. The Morgan fingerprint density at radius 3 is 2.54 bits per heavy atom. The van der Waals surface area contributed by atoms with Crippen molar-refractivity contribution in [2.75, 3.05) is 33.4 Å². The third kappa shape index (κ3) is 5.90. The fraction of sp³-hybridized carbons (Fsp3) is 0.567. The number of hydrogen-bond donors (Lipinski definition) is 0. The van der Waals surface area contributed by atoms with Crippen LogP contribution in [0.4, 0.5) is 0 Å². The first-order chi connectivity index (χ1) is 16.9. The Bertz CT molecular complexity index is 1020. The number of piperidine rings is 1. The summed E-state index contributed by atoms with van der Waals surface area (Å²) in [6, 6.07) is 14.7. The van der Waals surface area contributed by atoms with Crippen molar-refractivity contribution in [3.05, 3.63) is 64.7 Å². The van der Waals surface area contributed by atoms with Crippen LogP contribution in [0.25, 0.3) is 0 Å². The largest absolute Gasteiger partial charge is 0.491 e. The molecule has 2 fully saturated rings. The fourth-order valence-corrected chi connectivity index (χ4v) is 5.62. The minimum absolute atomic E-state index is 0.0737. The van der Waals surface area contributed by atoms with Crippen LogP contribution in [-0.2, 0) is 24.1 Å². The highest BCUT2D eigenvalue weighted by atomic mass is 16.5. The van der Waals surface area contributed by atoms with Gasteiger partial charge >= 0.3 is 0 Å². The number of likely N-dealkylation sites (tertiary alicyclic amines) is 1. The van der Waals surface area contributed by atoms with Gasteiger partial charge in [-0.1, -0.05) is 32.0 Å². The molecule has 2 aromatic rings. The number of nitrogens with zero attached hydrogens (tertiary/aromatic N) is 2. The van der Waals surface area contributed by atoms with E-state index in [-0.39, 0.29) is 18.1 Å². The van der Waals surface area contributed by atoms with Crippen LogP contribution in [0, 0.1) is 5.41 Å². The van der Waals surface area contributed by atoms with Gasteiger partial charge in [-0.15, -0.1) is 0 Å². The van der Waals surface area contributed by atoms with Crippen LogP contribution < -0.4 is 4.74 Å². The Hall–Kier alpha value is -2.37. The number of likely N-dealkylation sites (N-methyl/N-ethyl adjacent to an activating group) is 1. The lowest BCUT2D eigenvalue weighted by Gasteiger charge is -2.37. The number of benzene rings is 2. The van der Waals surface area contributed by atoms with Gasteiger partial charge in [0, 0.05) is 31.8 Å². The maximum Gasteiger partial charge on any atom is 0.253 e. The van der Waals surface area contributed by atoms with E-state index in [0.29, 0.717) is 17.6 Å². The molecule has 188 valence electrons. The molecule has 2 aliphatic heterocycles. The highest BCUT2D eigenvalue weighted by Gasteiger charge is 2.29. The molecule has 2 heterocycles. The van der Waals surface area contributed by atoms with Gasteiger partial charge in [-0.2, -0.15) is 0 Å². The van der Waals surface area contributed by atoms with Crippen LogP contribution in [-0.4, -0.2) is 61.2 Å². The van der Waals surface area contributed by atoms with Gasteiger partial charge in [0.2, 0.25) is 0 Å². The molecule has 5 nitrogen and oxygen atoms in total. The summed E-state index contributed by atoms with van der Waals surface area (Å²) in [5.74, 6) is 0.863. The van der Waals surface area contributed by atoms with Gasteiger partial charge in [-0.05, 0) is 98.0 Å². The van der Waals surface area contributed by atoms with Crippen LogP contribution in [0.2, 0.25) is 0 Å². The first-order valence-corrected chi connectivity index (χ1v) is 13.3. The van der Waals surface area contributed by atoms with Crippen molar-refractivity contribution in [3.63, 3.8) is 0 Å². The van der Waals surface area contributed by atoms with E-state index in [1.54, 1.807) is 0 Å². The molecule has 0 spiro atoms. The van der Waals surface area contributed by atoms with Gasteiger partial charge in [0.15, 0.2) is 0 Å². The van der Waals surface area contributed by atoms with E-state index in [0.717, 1.165) is 44.6 Å². The number of carbonyl (C=O) groups excluding carboxylic acids is 1. The molecule has 2 aromatic carbocycles. The van der Waals surface area contributed by atoms with Gasteiger partial charge in [0.25, 0.3) is 5.91 Å². The van der Waals surface area contributed by atoms with Crippen molar-refractivity contribution in [2.24, 2.45) is 5.41 Å². The molecule has 1 aliphatic carbocycles. The second-order valence-electron chi connectivity index (χ2n) is 11.5. The van der Waals surface area contributed by atoms with Crippen molar-refractivity contribution < 1.29 is 14.3 Å². The quantitative estimate of drug-likeness (QED) is 0.557. The Kier molecular flexibility index (Phi) is 7.17. The van der Waals surface area contributed by atoms with Crippen LogP contribution >= 0.6 is 0 Å². The topological polar surface area (TPSA) is 42.0 Å². The van der Waals surface area contributed by atoms with E-state index in [2.05, 4.69) is 36.9 Å². The molecule has 3 aliphatic rings. The minimum atomic E-state index is 0.0737. The summed E-state index contributed by atoms with van der Waals surface area (Å²) in [5, 5.41) is 0. The molecule has 0 bridgehead atoms. The SMILES string of the molecule is CN(C(=O)c1ccc(OC[C@@H]2CCCO2)cc1)[C@@H]1Cc2ccc(CN3CCC(C)(C)CC3)cc2C1. The first-order valence-electron chi connectivity index (χ1n) is 13.3. The number of ether oxygens (including phenoxy) is 2. The van der Waals surface area contributed by atoms with Gasteiger partial charge in [-0.25, -0.2) is 0 Å². The Morgan fingerprint density at radius 2 is 1.83 bits per heavy atom. The van der Waals surface area contributed by atoms with Crippen LogP contribution in [0.3, 0.4) is 0 Å². The number of amides is 1. The third-order valence-corrected chi connectivity index (χ3v) is 8.23. The zero-order chi connectivity index (χ0) is 24.4. The minimum Gasteiger partial charge on any atom is -0.491 e. The average molecular weight is 477 g/mol. The first kappa shape index (κ1) is 24.3. The summed E-state index contributed by atoms with van der Waals surface area (Å²) in [4.78, 5) is 17.7. The van der Waals surface area contributed by atoms with Crippen molar-refractivity contribution >= 4 is 5.91 Å². The molecule has 2 atom stereocenters. The molecule has 35 heavy (non-hydrogen) atoms. The van der Waals surface area contributed by atoms with E-state index < -0.39 is 0 Å². The molecular formula is C30H40N2O3. The molecule has 0 N–H and O–H groups in total. The molecule has 5 rings (SSSR count). The molecule has 0 unspecified atom stereocenters. The van der Waals surface area contributed by atoms with Crippen molar-refractivity contribution in [1.29, 1.82) is 0 Å². The normalized spacial score (nSPS) is 23.7. The lowest BCUT2D eigenvalue weighted by Crippen LogP contribution is -2.37. The number of fused-ring (bicyclic) bond motifs is 1. The van der Waals surface area contributed by atoms with Gasteiger partial charge in [0.05, 0.1) is 6.10 Å². The van der Waals surface area contributed by atoms with Crippen molar-refractivity contribution in [2.45, 2.75) is 71.1 Å². The predicted octanol–water partition coefficient (Wildman–Crippen LogP) is 5.11. The smallest absolute Gasteiger partial charge is 0.253 e. The Labute approximate surface area is 210 Å². The van der Waals surface area contributed by atoms with E-state index in [9.17, 15) is 4.79 Å². The molecule has 0 radical (unpaired) electrons. The van der Waals surface area contributed by atoms with E-state index in [1.807, 2.05) is 36.2 Å². The van der Waals surface area contributed by atoms with Crippen molar-refractivity contribution in [3.8, 4) is 5.75 Å². The molecular weight excluding hydrogens is 436 g/mol. The molecule has 5 heteroatoms. The zero-order valence-corrected chi connectivity index (χ0v) is 21.6. The lowest BCUT2D eigenvalue weighted by atomic mass is 9.82. The van der Waals surface area contributed by atoms with Crippen molar-refractivity contribution in [1.82, 2.24) is 9.80 Å². The molecule has 2 saturated heterocycles. The summed E-state index contributed by atoms with van der Waals surface area (Å²) >= 11 is 0. The lowest BCUT2D eigenvalue weighted by molar-refractivity contribution is 0.0678. The zero-order valence-electron chi connectivity index (χ0n) is 21.6. The third-order valence-electron chi connectivity index (χ3n) is 8.23. The molecule has 0 aromatic heterocycles. The van der Waals surface area contributed by atoms with E-state index in [4.69, 9.17) is 9.47 Å². The predicted molar refractivity (Wildman–Crippen MR) is 139 cm³/mol. The number of hydrogen-bond acceptors (Lipinski definition) is 4. The Balaban J connectivity index is 1.15. The van der Waals surface area contributed by atoms with E-state index >= 15 is 0 Å². The fourth-order valence-electron chi connectivity index (χ4n) is 5.62. The van der Waals surface area contributed by atoms with Crippen LogP contribution in [0.1, 0.15) is 66.6 Å². The summed E-state index contributed by atoms with van der Waals surface area (Å²) in [7, 11) is 1.94. The van der Waals surface area contributed by atoms with Gasteiger partial charge < -0.3 is 14.4 Å². The van der Waals surface area contributed by atoms with Gasteiger partial charge in [0.1, 0.15) is 12.4 Å². The van der Waals surface area contributed by atoms with E-state index in [1.165, 1.54) is 42.6 Å². The second-order valence-corrected chi connectivity index (χ2v) is 11.5. The standard InChI is InChI=1S/C30H40N2O3/c1-30(2)12-14-32(15-13-30)20-22-6-7-24-18-26(19-25(24)17-22)31(3)29(33)23-8-10-27(11-9-23)35-21-28-5-4-16-34-28/h6-11,17,26,28H,4-5,12-16,18-21H2,1-3H3/t26-,28+/m1/s1. The highest BCUT2D eigenvalue weighted by molar-refractivity contribution is 5.94. The average Bonchev–Trinajstić information content (AvgIpc) is 3.53. The maximum atomic E-state index is 13.2. The van der Waals surface area contributed by atoms with Crippen LogP contribution in [0.15, 0.2) is 42.5 Å². The summed E-state index contributed by atoms with van der Waals surface area (Å²) < 4.78 is 11.5. The Morgan fingerprint density at radius 1 is 1.09 bits per heavy atom. The monoisotopic (exact) mass is 476 g/mol. The summed E-state index contributed by atoms with van der Waals surface area (Å²) in [5.41, 5.74) is 5.38. The van der Waals surface area contributed by atoms with Gasteiger partial charge in [-0.3, -0.25) is 9.69 Å². The second kappa shape index (κ2) is 10.3. The molecule has 1 amide bonds. The summed E-state index contributed by atoms with van der Waals surface area (Å²) in [6.45, 7) is 9.57. The van der Waals surface area contributed by atoms with Crippen LogP contribution in [0.5, 0.6) is 5.75 Å². The summed E-state index contributed by atoms with van der Waals surface area (Å²) in [6.07, 6.45) is 6.77. The molecule has 0 saturated carbocycles. The number of rotatable bonds is 7. The number of carbonyl (C=O) groups is 1. The maximum absolute atomic E-state index is 13.2.